The number of ether oxygens (including phenoxy) is 1. The molecule has 1 rings (SSSR count). The molecule has 0 saturated carbocycles. The van der Waals surface area contributed by atoms with Gasteiger partial charge in [-0.1, -0.05) is 0 Å². The predicted molar refractivity (Wildman–Crippen MR) is 61.9 cm³/mol. The normalized spacial score (nSPS) is 12.2. The van der Waals surface area contributed by atoms with E-state index in [2.05, 4.69) is 10.1 Å². The predicted octanol–water partition coefficient (Wildman–Crippen LogP) is 1.82. The summed E-state index contributed by atoms with van der Waals surface area (Å²) < 4.78 is 30.5. The minimum absolute atomic E-state index is 0.301. The Morgan fingerprint density at radius 3 is 2.76 bits per heavy atom. The lowest BCUT2D eigenvalue weighted by Gasteiger charge is -2.13. The molecule has 0 aliphatic carbocycles. The van der Waals surface area contributed by atoms with Gasteiger partial charge in [0.15, 0.2) is 0 Å². The summed E-state index contributed by atoms with van der Waals surface area (Å²) in [5, 5.41) is 2.76. The van der Waals surface area contributed by atoms with E-state index in [4.69, 9.17) is 0 Å². The summed E-state index contributed by atoms with van der Waals surface area (Å²) in [6.07, 6.45) is 0. The van der Waals surface area contributed by atoms with E-state index in [0.717, 1.165) is 17.8 Å². The number of benzene rings is 1. The first-order valence-corrected chi connectivity index (χ1v) is 5.90. The highest BCUT2D eigenvalue weighted by atomic mass is 32.2. The second-order valence-electron chi connectivity index (χ2n) is 3.25. The number of carbonyl (C=O) groups excluding carboxylic acids is 1. The highest BCUT2D eigenvalue weighted by Crippen LogP contribution is 2.23. The van der Waals surface area contributed by atoms with Crippen molar-refractivity contribution in [3.8, 4) is 0 Å². The molecule has 0 aromatic heterocycles. The maximum absolute atomic E-state index is 13.3. The zero-order valence-corrected chi connectivity index (χ0v) is 10.3. The third-order valence-electron chi connectivity index (χ3n) is 2.13. The third-order valence-corrected chi connectivity index (χ3v) is 3.28. The Kier molecular flexibility index (Phi) is 5.37. The third kappa shape index (κ3) is 3.98. The molecule has 0 heterocycles. The molecule has 94 valence electrons. The lowest BCUT2D eigenvalue weighted by Crippen LogP contribution is -2.37. The van der Waals surface area contributed by atoms with Crippen LogP contribution in [-0.2, 0) is 9.53 Å². The number of methoxy groups -OCH3 is 1. The van der Waals surface area contributed by atoms with Gasteiger partial charge in [-0.3, -0.25) is 4.79 Å². The van der Waals surface area contributed by atoms with Gasteiger partial charge in [0.25, 0.3) is 0 Å². The van der Waals surface area contributed by atoms with Crippen molar-refractivity contribution in [1.29, 1.82) is 0 Å². The summed E-state index contributed by atoms with van der Waals surface area (Å²) in [5.41, 5.74) is 0. The largest absolute Gasteiger partial charge is 0.468 e. The number of halogens is 2. The average Bonchev–Trinajstić information content (AvgIpc) is 2.31. The second-order valence-corrected chi connectivity index (χ2v) is 4.31. The van der Waals surface area contributed by atoms with E-state index in [1.54, 1.807) is 7.05 Å². The van der Waals surface area contributed by atoms with Crippen LogP contribution in [0, 0.1) is 11.6 Å². The van der Waals surface area contributed by atoms with Crippen LogP contribution in [0.3, 0.4) is 0 Å². The highest BCUT2D eigenvalue weighted by molar-refractivity contribution is 7.99. The molecule has 1 atom stereocenters. The van der Waals surface area contributed by atoms with Crippen LogP contribution in [0.5, 0.6) is 0 Å². The Labute approximate surface area is 103 Å². The summed E-state index contributed by atoms with van der Waals surface area (Å²) in [5.74, 6) is -1.35. The van der Waals surface area contributed by atoms with Crippen molar-refractivity contribution in [2.45, 2.75) is 10.9 Å². The van der Waals surface area contributed by atoms with E-state index in [0.29, 0.717) is 10.6 Å². The molecule has 1 N–H and O–H groups in total. The minimum Gasteiger partial charge on any atom is -0.468 e. The molecule has 0 aliphatic heterocycles. The fourth-order valence-electron chi connectivity index (χ4n) is 1.18. The van der Waals surface area contributed by atoms with Crippen molar-refractivity contribution in [1.82, 2.24) is 5.32 Å². The van der Waals surface area contributed by atoms with Gasteiger partial charge in [0.05, 0.1) is 7.11 Å². The molecule has 1 unspecified atom stereocenters. The lowest BCUT2D eigenvalue weighted by atomic mass is 10.3. The molecular weight excluding hydrogens is 248 g/mol. The van der Waals surface area contributed by atoms with Gasteiger partial charge < -0.3 is 10.1 Å². The number of thioether (sulfide) groups is 1. The van der Waals surface area contributed by atoms with Crippen LogP contribution >= 0.6 is 11.8 Å². The quantitative estimate of drug-likeness (QED) is 0.648. The summed E-state index contributed by atoms with van der Waals surface area (Å²) in [7, 11) is 2.90. The van der Waals surface area contributed by atoms with E-state index >= 15 is 0 Å². The lowest BCUT2D eigenvalue weighted by molar-refractivity contribution is -0.142. The van der Waals surface area contributed by atoms with Gasteiger partial charge in [-0.15, -0.1) is 11.8 Å². The Balaban J connectivity index is 2.62. The van der Waals surface area contributed by atoms with Gasteiger partial charge in [-0.05, 0) is 19.2 Å². The number of rotatable bonds is 5. The van der Waals surface area contributed by atoms with Crippen LogP contribution in [0.4, 0.5) is 8.78 Å². The van der Waals surface area contributed by atoms with E-state index in [-0.39, 0.29) is 0 Å². The van der Waals surface area contributed by atoms with E-state index in [1.165, 1.54) is 19.2 Å². The molecule has 0 bridgehead atoms. The SMILES string of the molecule is CNC(CSc1ccc(F)cc1F)C(=O)OC. The molecule has 0 saturated heterocycles. The number of likely N-dealkylation sites (N-methyl/N-ethyl adjacent to an activating group) is 1. The molecule has 0 amide bonds. The topological polar surface area (TPSA) is 38.3 Å². The van der Waals surface area contributed by atoms with Crippen LogP contribution < -0.4 is 5.32 Å². The molecular formula is C11H13F2NO2S. The van der Waals surface area contributed by atoms with Crippen molar-refractivity contribution in [2.24, 2.45) is 0 Å². The Bertz CT molecular complexity index is 401. The summed E-state index contributed by atoms with van der Waals surface area (Å²) >= 11 is 1.13. The van der Waals surface area contributed by atoms with Crippen LogP contribution in [0.15, 0.2) is 23.1 Å². The van der Waals surface area contributed by atoms with Crippen molar-refractivity contribution < 1.29 is 18.3 Å². The van der Waals surface area contributed by atoms with Crippen molar-refractivity contribution in [2.75, 3.05) is 19.9 Å². The highest BCUT2D eigenvalue weighted by Gasteiger charge is 2.17. The summed E-state index contributed by atoms with van der Waals surface area (Å²) in [4.78, 5) is 11.6. The second kappa shape index (κ2) is 6.56. The smallest absolute Gasteiger partial charge is 0.323 e. The van der Waals surface area contributed by atoms with Crippen LogP contribution in [0.2, 0.25) is 0 Å². The van der Waals surface area contributed by atoms with Crippen molar-refractivity contribution in [3.05, 3.63) is 29.8 Å². The maximum Gasteiger partial charge on any atom is 0.323 e. The molecule has 0 radical (unpaired) electrons. The molecule has 0 fully saturated rings. The van der Waals surface area contributed by atoms with Gasteiger partial charge in [0, 0.05) is 16.7 Å². The number of esters is 1. The summed E-state index contributed by atoms with van der Waals surface area (Å²) in [6, 6.07) is 2.82. The molecule has 6 heteroatoms. The fraction of sp³-hybridized carbons (Fsp3) is 0.364. The molecule has 17 heavy (non-hydrogen) atoms. The zero-order chi connectivity index (χ0) is 12.8. The van der Waals surface area contributed by atoms with Gasteiger partial charge in [0.2, 0.25) is 0 Å². The molecule has 1 aromatic rings. The summed E-state index contributed by atoms with van der Waals surface area (Å²) in [6.45, 7) is 0. The van der Waals surface area contributed by atoms with E-state index < -0.39 is 23.6 Å². The first-order chi connectivity index (χ1) is 8.08. The molecule has 0 spiro atoms. The maximum atomic E-state index is 13.3. The zero-order valence-electron chi connectivity index (χ0n) is 9.50. The Morgan fingerprint density at radius 2 is 2.24 bits per heavy atom. The molecule has 0 aliphatic rings. The first kappa shape index (κ1) is 13.9. The monoisotopic (exact) mass is 261 g/mol. The first-order valence-electron chi connectivity index (χ1n) is 4.91. The van der Waals surface area contributed by atoms with Gasteiger partial charge in [-0.25, -0.2) is 8.78 Å². The Hall–Kier alpha value is -1.14. The van der Waals surface area contributed by atoms with Crippen LogP contribution in [0.25, 0.3) is 0 Å². The van der Waals surface area contributed by atoms with Crippen molar-refractivity contribution in [3.63, 3.8) is 0 Å². The number of hydrogen-bond acceptors (Lipinski definition) is 4. The number of carbonyl (C=O) groups is 1. The Morgan fingerprint density at radius 1 is 1.53 bits per heavy atom. The van der Waals surface area contributed by atoms with E-state index in [1.807, 2.05) is 0 Å². The molecule has 3 nitrogen and oxygen atoms in total. The average molecular weight is 261 g/mol. The van der Waals surface area contributed by atoms with Crippen LogP contribution in [0.1, 0.15) is 0 Å². The minimum atomic E-state index is -0.630. The van der Waals surface area contributed by atoms with Crippen molar-refractivity contribution >= 4 is 17.7 Å². The van der Waals surface area contributed by atoms with E-state index in [9.17, 15) is 13.6 Å². The fourth-order valence-corrected chi connectivity index (χ4v) is 2.19. The standard InChI is InChI=1S/C11H13F2NO2S/c1-14-9(11(15)16-2)6-17-10-4-3-7(12)5-8(10)13/h3-5,9,14H,6H2,1-2H3. The number of nitrogens with one attached hydrogen (secondary N) is 1. The van der Waals surface area contributed by atoms with Gasteiger partial charge in [-0.2, -0.15) is 0 Å². The number of hydrogen-bond donors (Lipinski definition) is 1. The molecule has 1 aromatic carbocycles. The van der Waals surface area contributed by atoms with Gasteiger partial charge >= 0.3 is 5.97 Å². The van der Waals surface area contributed by atoms with Gasteiger partial charge in [0.1, 0.15) is 17.7 Å². The van der Waals surface area contributed by atoms with Crippen LogP contribution in [-0.4, -0.2) is 31.9 Å².